The SMILES string of the molecule is COc1ccc(CCNc2ncc(-c3ccncc3)c(-c3c(C)noc3C)n2)cc1OC. The van der Waals surface area contributed by atoms with Crippen molar-refractivity contribution in [1.82, 2.24) is 20.1 Å². The molecule has 8 heteroatoms. The highest BCUT2D eigenvalue weighted by molar-refractivity contribution is 5.82. The normalized spacial score (nSPS) is 10.8. The van der Waals surface area contributed by atoms with Crippen molar-refractivity contribution >= 4 is 5.95 Å². The fourth-order valence-corrected chi connectivity index (χ4v) is 3.58. The van der Waals surface area contributed by atoms with Crippen LogP contribution in [0.15, 0.2) is 53.4 Å². The average Bonchev–Trinajstić information content (AvgIpc) is 3.17. The first-order chi connectivity index (χ1) is 15.6. The lowest BCUT2D eigenvalue weighted by Gasteiger charge is -2.12. The molecule has 0 aliphatic rings. The van der Waals surface area contributed by atoms with E-state index in [-0.39, 0.29) is 0 Å². The zero-order chi connectivity index (χ0) is 22.5. The van der Waals surface area contributed by atoms with Crippen LogP contribution in [0, 0.1) is 13.8 Å². The highest BCUT2D eigenvalue weighted by Gasteiger charge is 2.19. The van der Waals surface area contributed by atoms with Gasteiger partial charge in [-0.25, -0.2) is 9.97 Å². The molecular weight excluding hydrogens is 406 g/mol. The Morgan fingerprint density at radius 1 is 1.00 bits per heavy atom. The molecule has 0 saturated heterocycles. The molecule has 8 nitrogen and oxygen atoms in total. The van der Waals surface area contributed by atoms with Gasteiger partial charge in [0.25, 0.3) is 0 Å². The summed E-state index contributed by atoms with van der Waals surface area (Å²) in [5.41, 5.74) is 5.43. The number of methoxy groups -OCH3 is 2. The molecule has 3 aromatic heterocycles. The summed E-state index contributed by atoms with van der Waals surface area (Å²) in [4.78, 5) is 13.5. The van der Waals surface area contributed by atoms with E-state index < -0.39 is 0 Å². The molecule has 4 aromatic rings. The number of hydrogen-bond donors (Lipinski definition) is 1. The molecule has 0 spiro atoms. The van der Waals surface area contributed by atoms with Crippen LogP contribution in [-0.2, 0) is 6.42 Å². The number of nitrogens with one attached hydrogen (secondary N) is 1. The fourth-order valence-electron chi connectivity index (χ4n) is 3.58. The Balaban J connectivity index is 1.59. The molecule has 1 aromatic carbocycles. The van der Waals surface area contributed by atoms with E-state index in [1.165, 1.54) is 0 Å². The van der Waals surface area contributed by atoms with Crippen molar-refractivity contribution < 1.29 is 14.0 Å². The van der Waals surface area contributed by atoms with Crippen molar-refractivity contribution in [2.75, 3.05) is 26.1 Å². The predicted molar refractivity (Wildman–Crippen MR) is 122 cm³/mol. The molecule has 0 radical (unpaired) electrons. The van der Waals surface area contributed by atoms with Crippen LogP contribution in [0.2, 0.25) is 0 Å². The van der Waals surface area contributed by atoms with E-state index in [1.807, 2.05) is 50.4 Å². The van der Waals surface area contributed by atoms with Crippen LogP contribution in [0.3, 0.4) is 0 Å². The Bertz CT molecular complexity index is 1190. The third-order valence-electron chi connectivity index (χ3n) is 5.19. The number of aryl methyl sites for hydroxylation is 2. The molecule has 4 rings (SSSR count). The number of benzene rings is 1. The van der Waals surface area contributed by atoms with Crippen LogP contribution in [-0.4, -0.2) is 40.9 Å². The van der Waals surface area contributed by atoms with Crippen molar-refractivity contribution in [3.05, 3.63) is 65.9 Å². The van der Waals surface area contributed by atoms with Gasteiger partial charge >= 0.3 is 0 Å². The monoisotopic (exact) mass is 431 g/mol. The highest BCUT2D eigenvalue weighted by Crippen LogP contribution is 2.34. The number of nitrogens with zero attached hydrogens (tertiary/aromatic N) is 4. The molecule has 0 amide bonds. The van der Waals surface area contributed by atoms with E-state index in [0.29, 0.717) is 29.8 Å². The first-order valence-corrected chi connectivity index (χ1v) is 10.3. The third-order valence-corrected chi connectivity index (χ3v) is 5.19. The van der Waals surface area contributed by atoms with Gasteiger partial charge in [-0.2, -0.15) is 0 Å². The average molecular weight is 431 g/mol. The van der Waals surface area contributed by atoms with Crippen LogP contribution in [0.1, 0.15) is 17.0 Å². The largest absolute Gasteiger partial charge is 0.493 e. The molecule has 0 unspecified atom stereocenters. The van der Waals surface area contributed by atoms with Gasteiger partial charge in [0.15, 0.2) is 11.5 Å². The zero-order valence-corrected chi connectivity index (χ0v) is 18.5. The summed E-state index contributed by atoms with van der Waals surface area (Å²) in [6.45, 7) is 4.46. The Labute approximate surface area is 186 Å². The minimum absolute atomic E-state index is 0.540. The second-order valence-corrected chi connectivity index (χ2v) is 7.26. The van der Waals surface area contributed by atoms with E-state index in [4.69, 9.17) is 19.0 Å². The molecule has 0 fully saturated rings. The Hall–Kier alpha value is -3.94. The lowest BCUT2D eigenvalue weighted by atomic mass is 10.0. The first kappa shape index (κ1) is 21.3. The third kappa shape index (κ3) is 4.39. The van der Waals surface area contributed by atoms with Crippen molar-refractivity contribution in [2.45, 2.75) is 20.3 Å². The van der Waals surface area contributed by atoms with Crippen LogP contribution in [0.4, 0.5) is 5.95 Å². The minimum atomic E-state index is 0.540. The van der Waals surface area contributed by atoms with Crippen molar-refractivity contribution in [1.29, 1.82) is 0 Å². The maximum Gasteiger partial charge on any atom is 0.223 e. The molecule has 0 aliphatic carbocycles. The summed E-state index contributed by atoms with van der Waals surface area (Å²) < 4.78 is 16.1. The quantitative estimate of drug-likeness (QED) is 0.436. The summed E-state index contributed by atoms with van der Waals surface area (Å²) in [6.07, 6.45) is 6.10. The lowest BCUT2D eigenvalue weighted by molar-refractivity contribution is 0.354. The van der Waals surface area contributed by atoms with Gasteiger partial charge in [-0.15, -0.1) is 0 Å². The van der Waals surface area contributed by atoms with Gasteiger partial charge in [-0.1, -0.05) is 11.2 Å². The van der Waals surface area contributed by atoms with Crippen LogP contribution < -0.4 is 14.8 Å². The van der Waals surface area contributed by atoms with Crippen LogP contribution >= 0.6 is 0 Å². The lowest BCUT2D eigenvalue weighted by Crippen LogP contribution is -2.09. The molecule has 0 saturated carbocycles. The maximum absolute atomic E-state index is 5.39. The maximum atomic E-state index is 5.39. The van der Waals surface area contributed by atoms with E-state index in [2.05, 4.69) is 20.4 Å². The number of aromatic nitrogens is 4. The fraction of sp³-hybridized carbons (Fsp3) is 0.250. The number of rotatable bonds is 8. The standard InChI is InChI=1S/C24H25N5O3/c1-15-22(16(2)32-29-15)23-19(18-8-10-25-11-9-18)14-27-24(28-23)26-12-7-17-5-6-20(30-3)21(13-17)31-4/h5-6,8-11,13-14H,7,12H2,1-4H3,(H,26,27,28). The number of ether oxygens (including phenoxy) is 2. The molecule has 0 atom stereocenters. The van der Waals surface area contributed by atoms with Crippen molar-refractivity contribution in [3.8, 4) is 33.9 Å². The van der Waals surface area contributed by atoms with E-state index in [9.17, 15) is 0 Å². The van der Waals surface area contributed by atoms with Gasteiger partial charge in [0.1, 0.15) is 5.76 Å². The summed E-state index contributed by atoms with van der Waals surface area (Å²) in [7, 11) is 3.26. The van der Waals surface area contributed by atoms with Crippen molar-refractivity contribution in [3.63, 3.8) is 0 Å². The van der Waals surface area contributed by atoms with E-state index in [1.54, 1.807) is 26.6 Å². The van der Waals surface area contributed by atoms with Gasteiger partial charge in [-0.3, -0.25) is 4.98 Å². The molecular formula is C24H25N5O3. The van der Waals surface area contributed by atoms with Crippen LogP contribution in [0.5, 0.6) is 11.5 Å². The number of anilines is 1. The van der Waals surface area contributed by atoms with Gasteiger partial charge in [0.05, 0.1) is 31.2 Å². The summed E-state index contributed by atoms with van der Waals surface area (Å²) in [6, 6.07) is 9.77. The molecule has 32 heavy (non-hydrogen) atoms. The van der Waals surface area contributed by atoms with Gasteiger partial charge < -0.3 is 19.3 Å². The topological polar surface area (TPSA) is 95.2 Å². The van der Waals surface area contributed by atoms with Gasteiger partial charge in [0.2, 0.25) is 5.95 Å². The molecule has 0 aliphatic heterocycles. The molecule has 1 N–H and O–H groups in total. The van der Waals surface area contributed by atoms with Gasteiger partial charge in [0, 0.05) is 30.7 Å². The smallest absolute Gasteiger partial charge is 0.223 e. The summed E-state index contributed by atoms with van der Waals surface area (Å²) in [5, 5.41) is 7.42. The Morgan fingerprint density at radius 3 is 2.47 bits per heavy atom. The molecule has 164 valence electrons. The Morgan fingerprint density at radius 2 is 1.78 bits per heavy atom. The van der Waals surface area contributed by atoms with E-state index in [0.717, 1.165) is 40.1 Å². The summed E-state index contributed by atoms with van der Waals surface area (Å²) >= 11 is 0. The molecule has 0 bridgehead atoms. The second-order valence-electron chi connectivity index (χ2n) is 7.26. The Kier molecular flexibility index (Phi) is 6.30. The number of hydrogen-bond acceptors (Lipinski definition) is 8. The minimum Gasteiger partial charge on any atom is -0.493 e. The predicted octanol–water partition coefficient (Wildman–Crippen LogP) is 4.48. The zero-order valence-electron chi connectivity index (χ0n) is 18.5. The van der Waals surface area contributed by atoms with E-state index >= 15 is 0 Å². The van der Waals surface area contributed by atoms with Crippen LogP contribution in [0.25, 0.3) is 22.4 Å². The summed E-state index contributed by atoms with van der Waals surface area (Å²) in [5.74, 6) is 2.68. The number of pyridine rings is 1. The highest BCUT2D eigenvalue weighted by atomic mass is 16.5. The van der Waals surface area contributed by atoms with Crippen molar-refractivity contribution in [2.24, 2.45) is 0 Å². The second kappa shape index (κ2) is 9.47. The molecule has 3 heterocycles. The first-order valence-electron chi connectivity index (χ1n) is 10.3. The van der Waals surface area contributed by atoms with Gasteiger partial charge in [-0.05, 0) is 55.7 Å².